The van der Waals surface area contributed by atoms with Gasteiger partial charge in [0.25, 0.3) is 5.91 Å². The number of benzene rings is 2. The number of aryl methyl sites for hydroxylation is 2. The summed E-state index contributed by atoms with van der Waals surface area (Å²) in [6.45, 7) is 5.63. The zero-order valence-electron chi connectivity index (χ0n) is 18.0. The van der Waals surface area contributed by atoms with Gasteiger partial charge in [-0.05, 0) is 44.2 Å². The Balaban J connectivity index is 1.44. The molecular formula is C25H23N3O3S. The van der Waals surface area contributed by atoms with E-state index < -0.39 is 0 Å². The Hall–Kier alpha value is -3.45. The zero-order valence-corrected chi connectivity index (χ0v) is 18.8. The molecule has 1 N–H and O–H groups in total. The van der Waals surface area contributed by atoms with Crippen LogP contribution in [0.2, 0.25) is 0 Å². The molecule has 0 aliphatic carbocycles. The fourth-order valence-corrected chi connectivity index (χ4v) is 4.84. The predicted octanol–water partition coefficient (Wildman–Crippen LogP) is 4.72. The van der Waals surface area contributed by atoms with Crippen LogP contribution in [0.1, 0.15) is 25.9 Å². The van der Waals surface area contributed by atoms with Crippen LogP contribution in [-0.4, -0.2) is 35.6 Å². The minimum absolute atomic E-state index is 0.110. The molecule has 4 aromatic rings. The number of amides is 1. The first kappa shape index (κ1) is 20.5. The number of hydrogen-bond acceptors (Lipinski definition) is 6. The van der Waals surface area contributed by atoms with Crippen LogP contribution >= 0.6 is 11.3 Å². The number of nitrogens with zero attached hydrogens (tertiary/aromatic N) is 2. The molecule has 0 fully saturated rings. The van der Waals surface area contributed by atoms with Crippen LogP contribution in [0.3, 0.4) is 0 Å². The van der Waals surface area contributed by atoms with Crippen molar-refractivity contribution in [2.75, 3.05) is 19.8 Å². The van der Waals surface area contributed by atoms with Crippen molar-refractivity contribution in [3.05, 3.63) is 69.7 Å². The van der Waals surface area contributed by atoms with Gasteiger partial charge in [0.2, 0.25) is 0 Å². The van der Waals surface area contributed by atoms with E-state index in [9.17, 15) is 4.79 Å². The maximum absolute atomic E-state index is 13.2. The number of carbonyl (C=O) groups excluding carboxylic acids is 1. The first-order chi connectivity index (χ1) is 15.6. The Morgan fingerprint density at radius 1 is 1.03 bits per heavy atom. The third-order valence-electron chi connectivity index (χ3n) is 5.44. The van der Waals surface area contributed by atoms with E-state index >= 15 is 0 Å². The highest BCUT2D eigenvalue weighted by atomic mass is 32.1. The Bertz CT molecular complexity index is 1320. The third-order valence-corrected chi connectivity index (χ3v) is 6.57. The van der Waals surface area contributed by atoms with Crippen LogP contribution in [-0.2, 0) is 6.42 Å². The van der Waals surface area contributed by atoms with E-state index in [2.05, 4.69) is 10.3 Å². The molecule has 0 spiro atoms. The molecule has 162 valence electrons. The van der Waals surface area contributed by atoms with Gasteiger partial charge in [-0.3, -0.25) is 4.79 Å². The van der Waals surface area contributed by atoms with E-state index in [0.29, 0.717) is 31.1 Å². The van der Waals surface area contributed by atoms with Gasteiger partial charge in [0, 0.05) is 28.8 Å². The van der Waals surface area contributed by atoms with Gasteiger partial charge in [0.05, 0.1) is 27.5 Å². The molecule has 1 amide bonds. The fraction of sp³-hybridized carbons (Fsp3) is 0.240. The van der Waals surface area contributed by atoms with Crippen molar-refractivity contribution in [2.24, 2.45) is 0 Å². The summed E-state index contributed by atoms with van der Waals surface area (Å²) < 4.78 is 11.3. The van der Waals surface area contributed by atoms with E-state index in [-0.39, 0.29) is 5.91 Å². The average molecular weight is 446 g/mol. The summed E-state index contributed by atoms with van der Waals surface area (Å²) in [7, 11) is 0. The Kier molecular flexibility index (Phi) is 5.49. The second kappa shape index (κ2) is 8.59. The molecule has 32 heavy (non-hydrogen) atoms. The molecule has 5 rings (SSSR count). The standard InChI is InChI=1S/C25H23N3O3S/c1-15-24(32-16(2)27-15)9-10-26-25(29)19-14-21(28-20-6-4-3-5-18(19)20)17-7-8-22-23(13-17)31-12-11-30-22/h3-8,13-14H,9-12H2,1-2H3,(H,26,29). The number of fused-ring (bicyclic) bond motifs is 2. The summed E-state index contributed by atoms with van der Waals surface area (Å²) >= 11 is 1.68. The molecule has 0 radical (unpaired) electrons. The lowest BCUT2D eigenvalue weighted by atomic mass is 10.0. The van der Waals surface area contributed by atoms with E-state index in [1.165, 1.54) is 4.88 Å². The molecule has 2 aromatic carbocycles. The highest BCUT2D eigenvalue weighted by Gasteiger charge is 2.17. The molecule has 0 saturated carbocycles. The summed E-state index contributed by atoms with van der Waals surface area (Å²) in [5, 5.41) is 4.95. The fourth-order valence-electron chi connectivity index (χ4n) is 3.90. The van der Waals surface area contributed by atoms with Crippen LogP contribution in [0.15, 0.2) is 48.5 Å². The highest BCUT2D eigenvalue weighted by molar-refractivity contribution is 7.11. The van der Waals surface area contributed by atoms with E-state index in [1.54, 1.807) is 11.3 Å². The van der Waals surface area contributed by atoms with Gasteiger partial charge in [-0.25, -0.2) is 9.97 Å². The summed E-state index contributed by atoms with van der Waals surface area (Å²) in [4.78, 5) is 23.6. The Labute approximate surface area is 190 Å². The van der Waals surface area contributed by atoms with Crippen molar-refractivity contribution in [3.8, 4) is 22.8 Å². The summed E-state index contributed by atoms with van der Waals surface area (Å²) in [6, 6.07) is 15.3. The lowest BCUT2D eigenvalue weighted by Gasteiger charge is -2.19. The first-order valence-electron chi connectivity index (χ1n) is 10.6. The van der Waals surface area contributed by atoms with Crippen molar-refractivity contribution in [3.63, 3.8) is 0 Å². The van der Waals surface area contributed by atoms with Crippen molar-refractivity contribution >= 4 is 28.1 Å². The molecule has 0 unspecified atom stereocenters. The topological polar surface area (TPSA) is 73.3 Å². The maximum atomic E-state index is 13.2. The quantitative estimate of drug-likeness (QED) is 0.481. The molecule has 1 aliphatic rings. The van der Waals surface area contributed by atoms with Gasteiger partial charge in [-0.15, -0.1) is 11.3 Å². The van der Waals surface area contributed by atoms with Crippen LogP contribution in [0.5, 0.6) is 11.5 Å². The van der Waals surface area contributed by atoms with Crippen LogP contribution in [0, 0.1) is 13.8 Å². The van der Waals surface area contributed by atoms with Crippen LogP contribution in [0.25, 0.3) is 22.2 Å². The van der Waals surface area contributed by atoms with Gasteiger partial charge in [-0.2, -0.15) is 0 Å². The number of para-hydroxylation sites is 1. The number of carbonyl (C=O) groups is 1. The van der Waals surface area contributed by atoms with Gasteiger partial charge < -0.3 is 14.8 Å². The summed E-state index contributed by atoms with van der Waals surface area (Å²) in [5.41, 5.74) is 4.03. The SMILES string of the molecule is Cc1nc(C)c(CCNC(=O)c2cc(-c3ccc4c(c3)OCCO4)nc3ccccc23)s1. The van der Waals surface area contributed by atoms with Crippen LogP contribution < -0.4 is 14.8 Å². The molecule has 7 heteroatoms. The van der Waals surface area contributed by atoms with E-state index in [0.717, 1.165) is 45.0 Å². The highest BCUT2D eigenvalue weighted by Crippen LogP contribution is 2.35. The maximum Gasteiger partial charge on any atom is 0.252 e. The number of hydrogen-bond donors (Lipinski definition) is 1. The average Bonchev–Trinajstić information content (AvgIpc) is 3.14. The number of ether oxygens (including phenoxy) is 2. The number of aromatic nitrogens is 2. The van der Waals surface area contributed by atoms with Gasteiger partial charge >= 0.3 is 0 Å². The van der Waals surface area contributed by atoms with Crippen molar-refractivity contribution < 1.29 is 14.3 Å². The molecule has 2 aromatic heterocycles. The number of rotatable bonds is 5. The second-order valence-electron chi connectivity index (χ2n) is 7.68. The largest absolute Gasteiger partial charge is 0.486 e. The monoisotopic (exact) mass is 445 g/mol. The molecular weight excluding hydrogens is 422 g/mol. The molecule has 3 heterocycles. The second-order valence-corrected chi connectivity index (χ2v) is 8.97. The number of thiazole rings is 1. The number of nitrogens with one attached hydrogen (secondary N) is 1. The molecule has 0 bridgehead atoms. The minimum atomic E-state index is -0.110. The Morgan fingerprint density at radius 3 is 2.66 bits per heavy atom. The van der Waals surface area contributed by atoms with Gasteiger partial charge in [0.1, 0.15) is 13.2 Å². The predicted molar refractivity (Wildman–Crippen MR) is 126 cm³/mol. The van der Waals surface area contributed by atoms with Crippen molar-refractivity contribution in [2.45, 2.75) is 20.3 Å². The summed E-state index contributed by atoms with van der Waals surface area (Å²) in [5.74, 6) is 1.32. The molecule has 1 aliphatic heterocycles. The van der Waals surface area contributed by atoms with E-state index in [4.69, 9.17) is 14.5 Å². The first-order valence-corrected chi connectivity index (χ1v) is 11.4. The normalized spacial score (nSPS) is 12.7. The zero-order chi connectivity index (χ0) is 22.1. The van der Waals surface area contributed by atoms with Crippen LogP contribution in [0.4, 0.5) is 0 Å². The lowest BCUT2D eigenvalue weighted by molar-refractivity contribution is 0.0956. The minimum Gasteiger partial charge on any atom is -0.486 e. The molecule has 6 nitrogen and oxygen atoms in total. The molecule has 0 atom stereocenters. The van der Waals surface area contributed by atoms with E-state index in [1.807, 2.05) is 62.4 Å². The lowest BCUT2D eigenvalue weighted by Crippen LogP contribution is -2.26. The summed E-state index contributed by atoms with van der Waals surface area (Å²) in [6.07, 6.45) is 0.765. The third kappa shape index (κ3) is 4.03. The molecule has 0 saturated heterocycles. The van der Waals surface area contributed by atoms with Crippen molar-refractivity contribution in [1.82, 2.24) is 15.3 Å². The van der Waals surface area contributed by atoms with Gasteiger partial charge in [-0.1, -0.05) is 18.2 Å². The van der Waals surface area contributed by atoms with Gasteiger partial charge in [0.15, 0.2) is 11.5 Å². The smallest absolute Gasteiger partial charge is 0.252 e. The van der Waals surface area contributed by atoms with Crippen molar-refractivity contribution in [1.29, 1.82) is 0 Å². The Morgan fingerprint density at radius 2 is 1.84 bits per heavy atom. The number of pyridine rings is 1.